The topological polar surface area (TPSA) is 47.5 Å². The Kier molecular flexibility index (Phi) is 5.68. The lowest BCUT2D eigenvalue weighted by Crippen LogP contribution is -2.21. The van der Waals surface area contributed by atoms with E-state index in [-0.39, 0.29) is 6.10 Å². The van der Waals surface area contributed by atoms with Crippen LogP contribution < -0.4 is 9.64 Å². The Bertz CT molecular complexity index is 690. The summed E-state index contributed by atoms with van der Waals surface area (Å²) in [6, 6.07) is 7.98. The van der Waals surface area contributed by atoms with Crippen LogP contribution in [0.3, 0.4) is 0 Å². The highest BCUT2D eigenvalue weighted by atomic mass is 79.9. The van der Waals surface area contributed by atoms with Crippen molar-refractivity contribution >= 4 is 21.9 Å². The molecule has 24 heavy (non-hydrogen) atoms. The lowest BCUT2D eigenvalue weighted by molar-refractivity contribution is 0.0673. The van der Waals surface area contributed by atoms with Crippen LogP contribution in [0.25, 0.3) is 0 Å². The summed E-state index contributed by atoms with van der Waals surface area (Å²) in [4.78, 5) is 10.8. The first-order valence-corrected chi connectivity index (χ1v) is 8.95. The molecule has 0 bridgehead atoms. The Hall–Kier alpha value is -1.66. The zero-order valence-corrected chi connectivity index (χ0v) is 15.6. The summed E-state index contributed by atoms with van der Waals surface area (Å²) in [6.07, 6.45) is 4.16. The molecule has 1 aliphatic rings. The number of aryl methyl sites for hydroxylation is 1. The monoisotopic (exact) mass is 391 g/mol. The minimum absolute atomic E-state index is 0.197. The van der Waals surface area contributed by atoms with Crippen molar-refractivity contribution in [3.63, 3.8) is 0 Å². The molecule has 1 saturated heterocycles. The molecule has 1 aromatic carbocycles. The fourth-order valence-corrected chi connectivity index (χ4v) is 3.26. The lowest BCUT2D eigenvalue weighted by atomic mass is 10.2. The van der Waals surface area contributed by atoms with Gasteiger partial charge in [0.2, 0.25) is 5.95 Å². The smallest absolute Gasteiger partial charge is 0.225 e. The normalized spacial score (nSPS) is 17.0. The molecule has 5 nitrogen and oxygen atoms in total. The van der Waals surface area contributed by atoms with Gasteiger partial charge in [-0.15, -0.1) is 0 Å². The number of halogens is 1. The second-order valence-corrected chi connectivity index (χ2v) is 6.88. The van der Waals surface area contributed by atoms with Gasteiger partial charge in [-0.25, -0.2) is 9.97 Å². The average molecular weight is 392 g/mol. The minimum Gasteiger partial charge on any atom is -0.489 e. The molecule has 1 unspecified atom stereocenters. The highest BCUT2D eigenvalue weighted by Gasteiger charge is 2.18. The molecule has 0 radical (unpaired) electrons. The van der Waals surface area contributed by atoms with Gasteiger partial charge in [-0.2, -0.15) is 0 Å². The van der Waals surface area contributed by atoms with Crippen LogP contribution in [0.4, 0.5) is 5.95 Å². The van der Waals surface area contributed by atoms with Crippen LogP contribution >= 0.6 is 15.9 Å². The van der Waals surface area contributed by atoms with Crippen molar-refractivity contribution in [2.24, 2.45) is 0 Å². The van der Waals surface area contributed by atoms with E-state index in [9.17, 15) is 0 Å². The number of hydrogen-bond donors (Lipinski definition) is 0. The van der Waals surface area contributed by atoms with Gasteiger partial charge in [0.1, 0.15) is 12.4 Å². The maximum atomic E-state index is 6.07. The molecular formula is C18H22BrN3O2. The predicted molar refractivity (Wildman–Crippen MR) is 97.5 cm³/mol. The molecule has 6 heteroatoms. The second-order valence-electron chi connectivity index (χ2n) is 6.03. The van der Waals surface area contributed by atoms with Crippen molar-refractivity contribution in [1.29, 1.82) is 0 Å². The zero-order valence-electron chi connectivity index (χ0n) is 14.0. The number of hydrogen-bond acceptors (Lipinski definition) is 5. The molecule has 0 saturated carbocycles. The van der Waals surface area contributed by atoms with Crippen LogP contribution in [-0.2, 0) is 11.3 Å². The SMILES string of the molecule is Cc1ccnc(N(C)Cc2cccc(Br)c2OCC2CCCO2)n1. The molecular weight excluding hydrogens is 370 g/mol. The van der Waals surface area contributed by atoms with Crippen LogP contribution in [-0.4, -0.2) is 36.3 Å². The number of anilines is 1. The van der Waals surface area contributed by atoms with E-state index in [1.165, 1.54) is 0 Å². The molecule has 128 valence electrons. The summed E-state index contributed by atoms with van der Waals surface area (Å²) in [5.41, 5.74) is 2.05. The molecule has 0 spiro atoms. The standard InChI is InChI=1S/C18H22BrN3O2/c1-13-8-9-20-18(21-13)22(2)11-14-5-3-7-16(19)17(14)24-12-15-6-4-10-23-15/h3,5,7-9,15H,4,6,10-12H2,1-2H3. The van der Waals surface area contributed by atoms with Gasteiger partial charge in [-0.1, -0.05) is 12.1 Å². The van der Waals surface area contributed by atoms with Crippen LogP contribution in [0.5, 0.6) is 5.75 Å². The number of aromatic nitrogens is 2. The molecule has 3 rings (SSSR count). The summed E-state index contributed by atoms with van der Waals surface area (Å²) >= 11 is 3.60. The van der Waals surface area contributed by atoms with Gasteiger partial charge in [-0.3, -0.25) is 0 Å². The van der Waals surface area contributed by atoms with Crippen LogP contribution in [0, 0.1) is 6.92 Å². The minimum atomic E-state index is 0.197. The van der Waals surface area contributed by atoms with Gasteiger partial charge in [-0.05, 0) is 47.8 Å². The molecule has 1 fully saturated rings. The third kappa shape index (κ3) is 4.24. The first-order valence-electron chi connectivity index (χ1n) is 8.16. The van der Waals surface area contributed by atoms with Gasteiger partial charge in [0, 0.05) is 37.7 Å². The molecule has 1 atom stereocenters. The number of rotatable bonds is 6. The molecule has 0 amide bonds. The fourth-order valence-electron chi connectivity index (χ4n) is 2.74. The fraction of sp³-hybridized carbons (Fsp3) is 0.444. The number of para-hydroxylation sites is 1. The van der Waals surface area contributed by atoms with Crippen molar-refractivity contribution in [2.45, 2.75) is 32.4 Å². The van der Waals surface area contributed by atoms with E-state index in [1.54, 1.807) is 6.20 Å². The van der Waals surface area contributed by atoms with Crippen molar-refractivity contribution < 1.29 is 9.47 Å². The van der Waals surface area contributed by atoms with E-state index < -0.39 is 0 Å². The van der Waals surface area contributed by atoms with Crippen LogP contribution in [0.2, 0.25) is 0 Å². The van der Waals surface area contributed by atoms with Crippen molar-refractivity contribution in [3.05, 3.63) is 46.2 Å². The third-order valence-electron chi connectivity index (χ3n) is 4.02. The van der Waals surface area contributed by atoms with Crippen molar-refractivity contribution in [3.8, 4) is 5.75 Å². The summed E-state index contributed by atoms with van der Waals surface area (Å²) in [5.74, 6) is 1.58. The highest BCUT2D eigenvalue weighted by Crippen LogP contribution is 2.31. The zero-order chi connectivity index (χ0) is 16.9. The van der Waals surface area contributed by atoms with Crippen molar-refractivity contribution in [2.75, 3.05) is 25.2 Å². The van der Waals surface area contributed by atoms with E-state index in [0.717, 1.165) is 40.9 Å². The van der Waals surface area contributed by atoms with Gasteiger partial charge in [0.25, 0.3) is 0 Å². The molecule has 0 aliphatic carbocycles. The van der Waals surface area contributed by atoms with Gasteiger partial charge >= 0.3 is 0 Å². The molecule has 2 heterocycles. The quantitative estimate of drug-likeness (QED) is 0.750. The van der Waals surface area contributed by atoms with Gasteiger partial charge in [0.05, 0.1) is 10.6 Å². The Morgan fingerprint density at radius 1 is 1.38 bits per heavy atom. The largest absolute Gasteiger partial charge is 0.489 e. The van der Waals surface area contributed by atoms with E-state index >= 15 is 0 Å². The molecule has 0 N–H and O–H groups in total. The highest BCUT2D eigenvalue weighted by molar-refractivity contribution is 9.10. The van der Waals surface area contributed by atoms with E-state index in [1.807, 2.05) is 37.1 Å². The predicted octanol–water partition coefficient (Wildman–Crippen LogP) is 3.74. The van der Waals surface area contributed by atoms with Crippen molar-refractivity contribution in [1.82, 2.24) is 9.97 Å². The van der Waals surface area contributed by atoms with E-state index in [0.29, 0.717) is 19.1 Å². The number of benzene rings is 1. The first-order chi connectivity index (χ1) is 11.6. The van der Waals surface area contributed by atoms with E-state index in [2.05, 4.69) is 32.0 Å². The Labute approximate surface area is 151 Å². The third-order valence-corrected chi connectivity index (χ3v) is 4.64. The molecule has 1 aromatic heterocycles. The van der Waals surface area contributed by atoms with Crippen LogP contribution in [0.15, 0.2) is 34.9 Å². The maximum Gasteiger partial charge on any atom is 0.225 e. The maximum absolute atomic E-state index is 6.07. The Balaban J connectivity index is 1.73. The molecule has 2 aromatic rings. The van der Waals surface area contributed by atoms with Gasteiger partial charge < -0.3 is 14.4 Å². The first kappa shape index (κ1) is 17.2. The summed E-state index contributed by atoms with van der Waals surface area (Å²) < 4.78 is 12.7. The summed E-state index contributed by atoms with van der Waals surface area (Å²) in [7, 11) is 1.99. The average Bonchev–Trinajstić information content (AvgIpc) is 3.08. The number of nitrogens with zero attached hydrogens (tertiary/aromatic N) is 3. The number of ether oxygens (including phenoxy) is 2. The Morgan fingerprint density at radius 3 is 3.00 bits per heavy atom. The van der Waals surface area contributed by atoms with Gasteiger partial charge in [0.15, 0.2) is 0 Å². The lowest BCUT2D eigenvalue weighted by Gasteiger charge is -2.21. The van der Waals surface area contributed by atoms with Crippen LogP contribution in [0.1, 0.15) is 24.1 Å². The molecule has 1 aliphatic heterocycles. The second kappa shape index (κ2) is 7.94. The summed E-state index contributed by atoms with van der Waals surface area (Å²) in [6.45, 7) is 4.06. The van der Waals surface area contributed by atoms with E-state index in [4.69, 9.17) is 9.47 Å². The Morgan fingerprint density at radius 2 is 2.25 bits per heavy atom. The summed E-state index contributed by atoms with van der Waals surface area (Å²) in [5, 5.41) is 0.